The van der Waals surface area contributed by atoms with E-state index in [-0.39, 0.29) is 10.8 Å². The van der Waals surface area contributed by atoms with Gasteiger partial charge in [-0.3, -0.25) is 4.79 Å². The third kappa shape index (κ3) is 4.74. The Kier molecular flexibility index (Phi) is 5.93. The summed E-state index contributed by atoms with van der Waals surface area (Å²) in [6.45, 7) is 4.49. The van der Waals surface area contributed by atoms with Crippen molar-refractivity contribution in [1.82, 2.24) is 19.7 Å². The summed E-state index contributed by atoms with van der Waals surface area (Å²) in [5, 5.41) is 6.66. The Bertz CT molecular complexity index is 902. The Balaban J connectivity index is 1.64. The number of benzene rings is 1. The molecule has 0 saturated carbocycles. The number of rotatable bonds is 6. The smallest absolute Gasteiger partial charge is 0.251 e. The second-order valence-electron chi connectivity index (χ2n) is 6.67. The van der Waals surface area contributed by atoms with Crippen LogP contribution in [0.2, 0.25) is 0 Å². The van der Waals surface area contributed by atoms with Crippen molar-refractivity contribution in [1.29, 1.82) is 0 Å². The predicted octanol–water partition coefficient (Wildman–Crippen LogP) is 0.892. The molecule has 0 spiro atoms. The Labute approximate surface area is 159 Å². The van der Waals surface area contributed by atoms with Crippen molar-refractivity contribution in [2.24, 2.45) is 0 Å². The molecule has 1 aromatic carbocycles. The van der Waals surface area contributed by atoms with E-state index in [0.717, 1.165) is 11.5 Å². The van der Waals surface area contributed by atoms with Gasteiger partial charge in [-0.2, -0.15) is 4.31 Å². The van der Waals surface area contributed by atoms with Crippen LogP contribution in [0.15, 0.2) is 39.8 Å². The molecule has 146 valence electrons. The van der Waals surface area contributed by atoms with E-state index in [1.807, 2.05) is 13.1 Å². The molecular formula is C18H24N4O4S. The number of aromatic nitrogens is 1. The second kappa shape index (κ2) is 8.20. The normalized spacial score (nSPS) is 16.4. The lowest BCUT2D eigenvalue weighted by Crippen LogP contribution is -2.47. The third-order valence-corrected chi connectivity index (χ3v) is 6.43. The van der Waals surface area contributed by atoms with E-state index in [4.69, 9.17) is 4.52 Å². The maximum Gasteiger partial charge on any atom is 0.251 e. The first-order valence-electron chi connectivity index (χ1n) is 8.85. The number of amides is 1. The molecule has 1 saturated heterocycles. The molecule has 0 unspecified atom stereocenters. The van der Waals surface area contributed by atoms with Crippen LogP contribution in [0.3, 0.4) is 0 Å². The molecule has 0 atom stereocenters. The van der Waals surface area contributed by atoms with Crippen LogP contribution in [0.4, 0.5) is 0 Å². The van der Waals surface area contributed by atoms with Crippen molar-refractivity contribution in [2.75, 3.05) is 39.8 Å². The third-order valence-electron chi connectivity index (χ3n) is 4.54. The fourth-order valence-corrected chi connectivity index (χ4v) is 4.39. The minimum absolute atomic E-state index is 0.145. The molecule has 2 heterocycles. The molecule has 1 aromatic heterocycles. The Morgan fingerprint density at radius 2 is 1.96 bits per heavy atom. The van der Waals surface area contributed by atoms with E-state index in [9.17, 15) is 13.2 Å². The number of aryl methyl sites for hydroxylation is 1. The highest BCUT2D eigenvalue weighted by Crippen LogP contribution is 2.18. The molecule has 0 bridgehead atoms. The number of piperazine rings is 1. The number of hydrogen-bond donors (Lipinski definition) is 1. The predicted molar refractivity (Wildman–Crippen MR) is 100.0 cm³/mol. The molecule has 1 fully saturated rings. The van der Waals surface area contributed by atoms with Crippen molar-refractivity contribution in [3.63, 3.8) is 0 Å². The number of nitrogens with one attached hydrogen (secondary N) is 1. The fourth-order valence-electron chi connectivity index (χ4n) is 2.92. The summed E-state index contributed by atoms with van der Waals surface area (Å²) >= 11 is 0. The van der Waals surface area contributed by atoms with Crippen LogP contribution < -0.4 is 5.32 Å². The topological polar surface area (TPSA) is 95.8 Å². The molecule has 0 radical (unpaired) electrons. The molecule has 1 aliphatic heterocycles. The summed E-state index contributed by atoms with van der Waals surface area (Å²) in [6, 6.07) is 7.98. The van der Waals surface area contributed by atoms with Crippen molar-refractivity contribution < 1.29 is 17.7 Å². The maximum atomic E-state index is 12.8. The summed E-state index contributed by atoms with van der Waals surface area (Å²) < 4.78 is 32.1. The number of carbonyl (C=O) groups is 1. The molecule has 27 heavy (non-hydrogen) atoms. The molecule has 9 heteroatoms. The number of nitrogens with zero attached hydrogens (tertiary/aromatic N) is 3. The maximum absolute atomic E-state index is 12.8. The van der Waals surface area contributed by atoms with Crippen LogP contribution in [-0.2, 0) is 16.4 Å². The Morgan fingerprint density at radius 3 is 2.63 bits per heavy atom. The molecule has 2 aromatic rings. The van der Waals surface area contributed by atoms with Crippen molar-refractivity contribution in [3.8, 4) is 0 Å². The summed E-state index contributed by atoms with van der Waals surface area (Å²) in [7, 11) is -1.63. The first kappa shape index (κ1) is 19.5. The van der Waals surface area contributed by atoms with Gasteiger partial charge in [-0.05, 0) is 32.2 Å². The van der Waals surface area contributed by atoms with Crippen molar-refractivity contribution in [3.05, 3.63) is 47.3 Å². The molecule has 0 aliphatic carbocycles. The monoisotopic (exact) mass is 392 g/mol. The Morgan fingerprint density at radius 1 is 1.22 bits per heavy atom. The van der Waals surface area contributed by atoms with Gasteiger partial charge in [0.15, 0.2) is 0 Å². The van der Waals surface area contributed by atoms with E-state index in [1.165, 1.54) is 16.4 Å². The van der Waals surface area contributed by atoms with Gasteiger partial charge in [-0.1, -0.05) is 11.2 Å². The molecule has 8 nitrogen and oxygen atoms in total. The highest BCUT2D eigenvalue weighted by atomic mass is 32.2. The highest BCUT2D eigenvalue weighted by Gasteiger charge is 2.27. The largest absolute Gasteiger partial charge is 0.361 e. The average molecular weight is 392 g/mol. The lowest BCUT2D eigenvalue weighted by molar-refractivity contribution is 0.0953. The van der Waals surface area contributed by atoms with E-state index >= 15 is 0 Å². The fraction of sp³-hybridized carbons (Fsp3) is 0.444. The first-order valence-corrected chi connectivity index (χ1v) is 10.3. The SMILES string of the molecule is Cc1cc(CCNC(=O)c2cccc(S(=O)(=O)N3CCN(C)CC3)c2)no1. The van der Waals surface area contributed by atoms with Gasteiger partial charge in [0.1, 0.15) is 5.76 Å². The summed E-state index contributed by atoms with van der Waals surface area (Å²) in [5.74, 6) is 0.406. The van der Waals surface area contributed by atoms with Gasteiger partial charge in [0, 0.05) is 50.8 Å². The van der Waals surface area contributed by atoms with Crippen LogP contribution in [0, 0.1) is 6.92 Å². The van der Waals surface area contributed by atoms with Crippen molar-refractivity contribution in [2.45, 2.75) is 18.2 Å². The molecule has 1 aliphatic rings. The van der Waals surface area contributed by atoms with Crippen LogP contribution >= 0.6 is 0 Å². The van der Waals surface area contributed by atoms with E-state index in [1.54, 1.807) is 19.1 Å². The molecule has 1 N–H and O–H groups in total. The van der Waals surface area contributed by atoms with Gasteiger partial charge in [-0.25, -0.2) is 8.42 Å². The van der Waals surface area contributed by atoms with E-state index < -0.39 is 10.0 Å². The van der Waals surface area contributed by atoms with Gasteiger partial charge in [0.25, 0.3) is 5.91 Å². The minimum atomic E-state index is -3.60. The highest BCUT2D eigenvalue weighted by molar-refractivity contribution is 7.89. The van der Waals surface area contributed by atoms with Crippen LogP contribution in [0.5, 0.6) is 0 Å². The number of carbonyl (C=O) groups excluding carboxylic acids is 1. The zero-order chi connectivity index (χ0) is 19.4. The molecule has 1 amide bonds. The Hall–Kier alpha value is -2.23. The van der Waals surface area contributed by atoms with Crippen LogP contribution in [0.25, 0.3) is 0 Å². The first-order chi connectivity index (χ1) is 12.9. The van der Waals surface area contributed by atoms with Crippen LogP contribution in [0.1, 0.15) is 21.8 Å². The van der Waals surface area contributed by atoms with Crippen LogP contribution in [-0.4, -0.2) is 68.5 Å². The number of hydrogen-bond acceptors (Lipinski definition) is 6. The zero-order valence-electron chi connectivity index (χ0n) is 15.5. The zero-order valence-corrected chi connectivity index (χ0v) is 16.3. The second-order valence-corrected chi connectivity index (χ2v) is 8.61. The van der Waals surface area contributed by atoms with Gasteiger partial charge < -0.3 is 14.7 Å². The number of sulfonamides is 1. The minimum Gasteiger partial charge on any atom is -0.361 e. The standard InChI is InChI=1S/C18H24N4O4S/c1-14-12-16(20-26-14)6-7-19-18(23)15-4-3-5-17(13-15)27(24,25)22-10-8-21(2)9-11-22/h3-5,12-13H,6-11H2,1-2H3,(H,19,23). The summed E-state index contributed by atoms with van der Waals surface area (Å²) in [4.78, 5) is 14.6. The van der Waals surface area contributed by atoms with Gasteiger partial charge >= 0.3 is 0 Å². The van der Waals surface area contributed by atoms with Crippen molar-refractivity contribution >= 4 is 15.9 Å². The summed E-state index contributed by atoms with van der Waals surface area (Å²) in [6.07, 6.45) is 0.544. The molecule has 3 rings (SSSR count). The lowest BCUT2D eigenvalue weighted by atomic mass is 10.2. The summed E-state index contributed by atoms with van der Waals surface area (Å²) in [5.41, 5.74) is 1.08. The lowest BCUT2D eigenvalue weighted by Gasteiger charge is -2.31. The molecular weight excluding hydrogens is 368 g/mol. The van der Waals surface area contributed by atoms with Gasteiger partial charge in [-0.15, -0.1) is 0 Å². The number of likely N-dealkylation sites (N-methyl/N-ethyl adjacent to an activating group) is 1. The van der Waals surface area contributed by atoms with E-state index in [0.29, 0.717) is 44.7 Å². The average Bonchev–Trinajstić information content (AvgIpc) is 3.07. The quantitative estimate of drug-likeness (QED) is 0.784. The van der Waals surface area contributed by atoms with Gasteiger partial charge in [0.2, 0.25) is 10.0 Å². The van der Waals surface area contributed by atoms with E-state index in [2.05, 4.69) is 15.4 Å². The van der Waals surface area contributed by atoms with Gasteiger partial charge in [0.05, 0.1) is 10.6 Å².